The molecule has 2 nitrogen and oxygen atoms in total. The van der Waals surface area contributed by atoms with Gasteiger partial charge in [-0.2, -0.15) is 0 Å². The minimum Gasteiger partial charge on any atom is -0.313 e. The van der Waals surface area contributed by atoms with Crippen molar-refractivity contribution in [3.63, 3.8) is 0 Å². The molecule has 0 spiro atoms. The molecule has 0 amide bonds. The van der Waals surface area contributed by atoms with Crippen LogP contribution in [0.25, 0.3) is 0 Å². The third-order valence-electron chi connectivity index (χ3n) is 1.66. The minimum absolute atomic E-state index is 0.361. The molecule has 60 valence electrons. The Labute approximate surface area is 75.2 Å². The number of nitrogens with one attached hydrogen (secondary N) is 1. The summed E-state index contributed by atoms with van der Waals surface area (Å²) in [4.78, 5) is 4.07. The number of hydrogen-bond donors (Lipinski definition) is 1. The van der Waals surface area contributed by atoms with Gasteiger partial charge in [-0.3, -0.25) is 4.98 Å². The molecule has 1 heterocycles. The lowest BCUT2D eigenvalue weighted by atomic mass is 10.1. The lowest BCUT2D eigenvalue weighted by Gasteiger charge is -2.09. The van der Waals surface area contributed by atoms with Gasteiger partial charge in [0.2, 0.25) is 0 Å². The Morgan fingerprint density at radius 1 is 1.55 bits per heavy atom. The van der Waals surface area contributed by atoms with Crippen LogP contribution in [0.15, 0.2) is 22.9 Å². The van der Waals surface area contributed by atoms with Crippen molar-refractivity contribution in [2.24, 2.45) is 0 Å². The van der Waals surface area contributed by atoms with E-state index >= 15 is 0 Å². The summed E-state index contributed by atoms with van der Waals surface area (Å²) in [6.07, 6.45) is 3.65. The van der Waals surface area contributed by atoms with Crippen LogP contribution in [0.1, 0.15) is 18.5 Å². The van der Waals surface area contributed by atoms with Crippen LogP contribution in [-0.4, -0.2) is 12.0 Å². The molecule has 1 aromatic heterocycles. The maximum Gasteiger partial charge on any atom is 0.0410 e. The molecule has 0 radical (unpaired) electrons. The van der Waals surface area contributed by atoms with Crippen LogP contribution >= 0.6 is 15.9 Å². The number of rotatable bonds is 2. The first-order valence-corrected chi connectivity index (χ1v) is 4.31. The van der Waals surface area contributed by atoms with E-state index in [2.05, 4.69) is 39.2 Å². The normalized spacial score (nSPS) is 13.0. The monoisotopic (exact) mass is 214 g/mol. The molecular formula is C8H11BrN2. The average molecular weight is 215 g/mol. The van der Waals surface area contributed by atoms with Crippen LogP contribution < -0.4 is 5.32 Å². The van der Waals surface area contributed by atoms with Gasteiger partial charge in [0.15, 0.2) is 0 Å². The van der Waals surface area contributed by atoms with E-state index in [0.29, 0.717) is 6.04 Å². The van der Waals surface area contributed by atoms with E-state index in [1.165, 1.54) is 5.56 Å². The molecule has 0 aliphatic heterocycles. The fraction of sp³-hybridized carbons (Fsp3) is 0.375. The Balaban J connectivity index is 2.86. The minimum atomic E-state index is 0.361. The molecule has 0 aromatic carbocycles. The highest BCUT2D eigenvalue weighted by molar-refractivity contribution is 9.10. The largest absolute Gasteiger partial charge is 0.313 e. The Hall–Kier alpha value is -0.410. The summed E-state index contributed by atoms with van der Waals surface area (Å²) < 4.78 is 1.03. The number of pyridine rings is 1. The van der Waals surface area contributed by atoms with Crippen molar-refractivity contribution < 1.29 is 0 Å². The van der Waals surface area contributed by atoms with E-state index in [1.54, 1.807) is 6.20 Å². The summed E-state index contributed by atoms with van der Waals surface area (Å²) >= 11 is 3.37. The lowest BCUT2D eigenvalue weighted by molar-refractivity contribution is 0.649. The Morgan fingerprint density at radius 2 is 2.27 bits per heavy atom. The number of aromatic nitrogens is 1. The zero-order valence-electron chi connectivity index (χ0n) is 6.63. The molecule has 1 atom stereocenters. The second-order valence-corrected chi connectivity index (χ2v) is 3.36. The third-order valence-corrected chi connectivity index (χ3v) is 2.09. The molecule has 0 saturated heterocycles. The predicted molar refractivity (Wildman–Crippen MR) is 49.4 cm³/mol. The highest BCUT2D eigenvalue weighted by Gasteiger charge is 2.01. The standard InChI is InChI=1S/C8H11BrN2/c1-6(10-2)7-3-8(9)5-11-4-7/h3-6,10H,1-2H3/t6-/m1/s1. The van der Waals surface area contributed by atoms with Gasteiger partial charge in [-0.25, -0.2) is 0 Å². The van der Waals surface area contributed by atoms with E-state index in [-0.39, 0.29) is 0 Å². The predicted octanol–water partition coefficient (Wildman–Crippen LogP) is 2.12. The highest BCUT2D eigenvalue weighted by atomic mass is 79.9. The first-order chi connectivity index (χ1) is 5.24. The first kappa shape index (κ1) is 8.68. The zero-order valence-corrected chi connectivity index (χ0v) is 8.22. The van der Waals surface area contributed by atoms with E-state index in [0.717, 1.165) is 4.47 Å². The van der Waals surface area contributed by atoms with Crippen LogP contribution in [0.2, 0.25) is 0 Å². The van der Waals surface area contributed by atoms with Gasteiger partial charge in [-0.1, -0.05) is 0 Å². The summed E-state index contributed by atoms with van der Waals surface area (Å²) in [6.45, 7) is 2.10. The van der Waals surface area contributed by atoms with Crippen LogP contribution in [0, 0.1) is 0 Å². The molecule has 0 saturated carbocycles. The first-order valence-electron chi connectivity index (χ1n) is 3.51. The number of nitrogens with zero attached hydrogens (tertiary/aromatic N) is 1. The third kappa shape index (κ3) is 2.27. The van der Waals surface area contributed by atoms with Gasteiger partial charge in [0, 0.05) is 22.9 Å². The molecule has 0 aliphatic carbocycles. The number of halogens is 1. The van der Waals surface area contributed by atoms with E-state index < -0.39 is 0 Å². The van der Waals surface area contributed by atoms with Gasteiger partial charge in [0.05, 0.1) is 0 Å². The molecule has 0 aliphatic rings. The SMILES string of the molecule is CN[C@H](C)c1cncc(Br)c1. The van der Waals surface area contributed by atoms with Gasteiger partial charge >= 0.3 is 0 Å². The van der Waals surface area contributed by atoms with Crippen molar-refractivity contribution >= 4 is 15.9 Å². The van der Waals surface area contributed by atoms with Crippen LogP contribution in [0.3, 0.4) is 0 Å². The van der Waals surface area contributed by atoms with Crippen molar-refractivity contribution in [1.29, 1.82) is 0 Å². The molecule has 1 aromatic rings. The van der Waals surface area contributed by atoms with Gasteiger partial charge in [-0.15, -0.1) is 0 Å². The molecule has 11 heavy (non-hydrogen) atoms. The van der Waals surface area contributed by atoms with Crippen LogP contribution in [-0.2, 0) is 0 Å². The molecule has 0 bridgehead atoms. The van der Waals surface area contributed by atoms with Gasteiger partial charge in [-0.05, 0) is 41.5 Å². The maximum absolute atomic E-state index is 4.07. The van der Waals surface area contributed by atoms with E-state index in [1.807, 2.05) is 13.2 Å². The van der Waals surface area contributed by atoms with Crippen molar-refractivity contribution in [3.05, 3.63) is 28.5 Å². The van der Waals surface area contributed by atoms with Crippen LogP contribution in [0.5, 0.6) is 0 Å². The highest BCUT2D eigenvalue weighted by Crippen LogP contribution is 2.15. The summed E-state index contributed by atoms with van der Waals surface area (Å²) in [5, 5.41) is 3.15. The Morgan fingerprint density at radius 3 is 2.82 bits per heavy atom. The van der Waals surface area contributed by atoms with Crippen LogP contribution in [0.4, 0.5) is 0 Å². The molecule has 1 N–H and O–H groups in total. The topological polar surface area (TPSA) is 24.9 Å². The van der Waals surface area contributed by atoms with Gasteiger partial charge in [0.25, 0.3) is 0 Å². The average Bonchev–Trinajstić information content (AvgIpc) is 2.03. The summed E-state index contributed by atoms with van der Waals surface area (Å²) in [5.41, 5.74) is 1.20. The summed E-state index contributed by atoms with van der Waals surface area (Å²) in [7, 11) is 1.94. The second kappa shape index (κ2) is 3.83. The van der Waals surface area contributed by atoms with Gasteiger partial charge < -0.3 is 5.32 Å². The van der Waals surface area contributed by atoms with E-state index in [4.69, 9.17) is 0 Å². The maximum atomic E-state index is 4.07. The van der Waals surface area contributed by atoms with Crippen molar-refractivity contribution in [2.45, 2.75) is 13.0 Å². The van der Waals surface area contributed by atoms with Crippen molar-refractivity contribution in [3.8, 4) is 0 Å². The molecule has 1 rings (SSSR count). The van der Waals surface area contributed by atoms with E-state index in [9.17, 15) is 0 Å². The fourth-order valence-electron chi connectivity index (χ4n) is 0.832. The Kier molecular flexibility index (Phi) is 3.02. The smallest absolute Gasteiger partial charge is 0.0410 e. The van der Waals surface area contributed by atoms with Crippen molar-refractivity contribution in [1.82, 2.24) is 10.3 Å². The quantitative estimate of drug-likeness (QED) is 0.817. The Bertz CT molecular complexity index is 237. The zero-order chi connectivity index (χ0) is 8.27. The van der Waals surface area contributed by atoms with Crippen molar-refractivity contribution in [2.75, 3.05) is 7.05 Å². The number of hydrogen-bond acceptors (Lipinski definition) is 2. The fourth-order valence-corrected chi connectivity index (χ4v) is 1.21. The summed E-state index contributed by atoms with van der Waals surface area (Å²) in [6, 6.07) is 2.42. The molecule has 0 fully saturated rings. The second-order valence-electron chi connectivity index (χ2n) is 2.45. The lowest BCUT2D eigenvalue weighted by Crippen LogP contribution is -2.12. The molecular weight excluding hydrogens is 204 g/mol. The molecule has 3 heteroatoms. The summed E-state index contributed by atoms with van der Waals surface area (Å²) in [5.74, 6) is 0. The molecule has 0 unspecified atom stereocenters. The van der Waals surface area contributed by atoms with Gasteiger partial charge in [0.1, 0.15) is 0 Å².